The lowest BCUT2D eigenvalue weighted by atomic mass is 10.1. The Labute approximate surface area is 154 Å². The first kappa shape index (κ1) is 18.1. The Morgan fingerprint density at radius 3 is 2.70 bits per heavy atom. The fraction of sp³-hybridized carbons (Fsp3) is 0.235. The van der Waals surface area contributed by atoms with E-state index < -0.39 is 4.92 Å². The minimum atomic E-state index is -0.568. The second-order valence-electron chi connectivity index (χ2n) is 6.01. The molecule has 0 saturated carbocycles. The van der Waals surface area contributed by atoms with Crippen molar-refractivity contribution in [3.05, 3.63) is 64.2 Å². The van der Waals surface area contributed by atoms with E-state index in [9.17, 15) is 14.9 Å². The van der Waals surface area contributed by atoms with Crippen molar-refractivity contribution in [3.8, 4) is 5.75 Å². The number of aryl methyl sites for hydroxylation is 2. The minimum absolute atomic E-state index is 0.141. The summed E-state index contributed by atoms with van der Waals surface area (Å²) in [6, 6.07) is 5.90. The number of aromatic nitrogens is 4. The van der Waals surface area contributed by atoms with Crippen molar-refractivity contribution in [3.63, 3.8) is 0 Å². The van der Waals surface area contributed by atoms with Gasteiger partial charge in [0.05, 0.1) is 23.0 Å². The smallest absolute Gasteiger partial charge is 0.307 e. The standard InChI is InChI=1S/C17H18N6O4/c1-12-3-4-16(13(2)5-12)27-11-22-8-14(6-18-22)20-17(24)10-21-9-15(7-19-21)23(25)26/h3-9H,10-11H2,1-2H3,(H,20,24). The number of amides is 1. The molecule has 1 N–H and O–H groups in total. The molecule has 1 amide bonds. The van der Waals surface area contributed by atoms with Crippen LogP contribution < -0.4 is 10.1 Å². The molecule has 0 spiro atoms. The molecule has 0 radical (unpaired) electrons. The topological polar surface area (TPSA) is 117 Å². The van der Waals surface area contributed by atoms with Gasteiger partial charge in [0.1, 0.15) is 24.7 Å². The lowest BCUT2D eigenvalue weighted by Crippen LogP contribution is -2.18. The molecule has 2 heterocycles. The Balaban J connectivity index is 1.53. The number of benzene rings is 1. The molecule has 0 aliphatic heterocycles. The summed E-state index contributed by atoms with van der Waals surface area (Å²) in [6.45, 7) is 4.04. The Morgan fingerprint density at radius 1 is 1.22 bits per heavy atom. The number of carbonyl (C=O) groups is 1. The molecule has 1 aromatic carbocycles. The zero-order valence-electron chi connectivity index (χ0n) is 14.8. The first-order valence-electron chi connectivity index (χ1n) is 8.10. The Kier molecular flexibility index (Phi) is 5.15. The molecule has 0 atom stereocenters. The van der Waals surface area contributed by atoms with Gasteiger partial charge >= 0.3 is 5.69 Å². The summed E-state index contributed by atoms with van der Waals surface area (Å²) in [4.78, 5) is 22.1. The van der Waals surface area contributed by atoms with Crippen LogP contribution in [0.2, 0.25) is 0 Å². The molecule has 2 aromatic heterocycles. The third kappa shape index (κ3) is 4.69. The van der Waals surface area contributed by atoms with Gasteiger partial charge in [-0.15, -0.1) is 0 Å². The van der Waals surface area contributed by atoms with E-state index in [2.05, 4.69) is 15.5 Å². The zero-order chi connectivity index (χ0) is 19.4. The van der Waals surface area contributed by atoms with Crippen molar-refractivity contribution in [2.24, 2.45) is 0 Å². The number of nitrogens with one attached hydrogen (secondary N) is 1. The molecule has 3 aromatic rings. The van der Waals surface area contributed by atoms with E-state index in [0.29, 0.717) is 5.69 Å². The Morgan fingerprint density at radius 2 is 2.00 bits per heavy atom. The third-order valence-corrected chi connectivity index (χ3v) is 3.74. The number of ether oxygens (including phenoxy) is 1. The molecule has 10 nitrogen and oxygen atoms in total. The van der Waals surface area contributed by atoms with Gasteiger partial charge in [-0.25, -0.2) is 4.68 Å². The molecule has 0 aliphatic carbocycles. The molecule has 0 unspecified atom stereocenters. The molecule has 0 aliphatic rings. The zero-order valence-corrected chi connectivity index (χ0v) is 14.8. The van der Waals surface area contributed by atoms with Gasteiger partial charge in [-0.3, -0.25) is 19.6 Å². The molecule has 0 fully saturated rings. The van der Waals surface area contributed by atoms with Crippen LogP contribution in [0.15, 0.2) is 43.0 Å². The van der Waals surface area contributed by atoms with Crippen molar-refractivity contribution >= 4 is 17.3 Å². The van der Waals surface area contributed by atoms with E-state index in [1.807, 2.05) is 32.0 Å². The predicted octanol–water partition coefficient (Wildman–Crippen LogP) is 2.28. The second kappa shape index (κ2) is 7.68. The summed E-state index contributed by atoms with van der Waals surface area (Å²) in [7, 11) is 0. The second-order valence-corrected chi connectivity index (χ2v) is 6.01. The number of nitrogens with zero attached hydrogens (tertiary/aromatic N) is 5. The van der Waals surface area contributed by atoms with Gasteiger partial charge in [0.15, 0.2) is 6.73 Å². The first-order valence-corrected chi connectivity index (χ1v) is 8.10. The number of nitro groups is 1. The number of hydrogen-bond donors (Lipinski definition) is 1. The van der Waals surface area contributed by atoms with Crippen LogP contribution in [0, 0.1) is 24.0 Å². The van der Waals surface area contributed by atoms with Gasteiger partial charge < -0.3 is 10.1 Å². The van der Waals surface area contributed by atoms with Crippen LogP contribution in [-0.4, -0.2) is 30.4 Å². The van der Waals surface area contributed by atoms with Crippen LogP contribution in [0.3, 0.4) is 0 Å². The highest BCUT2D eigenvalue weighted by Gasteiger charge is 2.12. The van der Waals surface area contributed by atoms with Crippen molar-refractivity contribution in [1.29, 1.82) is 0 Å². The average Bonchev–Trinajstić information content (AvgIpc) is 3.23. The van der Waals surface area contributed by atoms with E-state index >= 15 is 0 Å². The number of rotatable bonds is 7. The quantitative estimate of drug-likeness (QED) is 0.504. The van der Waals surface area contributed by atoms with Crippen LogP contribution in [0.1, 0.15) is 11.1 Å². The maximum absolute atomic E-state index is 12.0. The third-order valence-electron chi connectivity index (χ3n) is 3.74. The largest absolute Gasteiger partial charge is 0.471 e. The normalized spacial score (nSPS) is 10.6. The monoisotopic (exact) mass is 370 g/mol. The van der Waals surface area contributed by atoms with Gasteiger partial charge in [0, 0.05) is 0 Å². The maximum Gasteiger partial charge on any atom is 0.307 e. The van der Waals surface area contributed by atoms with Crippen LogP contribution >= 0.6 is 0 Å². The first-order chi connectivity index (χ1) is 12.9. The van der Waals surface area contributed by atoms with E-state index in [4.69, 9.17) is 4.74 Å². The van der Waals surface area contributed by atoms with Crippen molar-refractivity contribution < 1.29 is 14.5 Å². The molecule has 0 saturated heterocycles. The van der Waals surface area contributed by atoms with Crippen LogP contribution in [-0.2, 0) is 18.1 Å². The van der Waals surface area contributed by atoms with Crippen LogP contribution in [0.4, 0.5) is 11.4 Å². The van der Waals surface area contributed by atoms with E-state index in [0.717, 1.165) is 23.1 Å². The number of carbonyl (C=O) groups excluding carboxylic acids is 1. The van der Waals surface area contributed by atoms with Gasteiger partial charge in [-0.05, 0) is 25.5 Å². The predicted molar refractivity (Wildman–Crippen MR) is 96.3 cm³/mol. The minimum Gasteiger partial charge on any atom is -0.471 e. The van der Waals surface area contributed by atoms with Crippen molar-refractivity contribution in [1.82, 2.24) is 19.6 Å². The highest BCUT2D eigenvalue weighted by atomic mass is 16.6. The highest BCUT2D eigenvalue weighted by Crippen LogP contribution is 2.19. The average molecular weight is 370 g/mol. The molecule has 27 heavy (non-hydrogen) atoms. The van der Waals surface area contributed by atoms with E-state index in [-0.39, 0.29) is 24.9 Å². The summed E-state index contributed by atoms with van der Waals surface area (Å²) in [5.41, 5.74) is 2.51. The van der Waals surface area contributed by atoms with Gasteiger partial charge in [0.25, 0.3) is 0 Å². The van der Waals surface area contributed by atoms with Crippen molar-refractivity contribution in [2.45, 2.75) is 27.1 Å². The molecule has 10 heteroatoms. The van der Waals surface area contributed by atoms with Crippen LogP contribution in [0.25, 0.3) is 0 Å². The number of hydrogen-bond acceptors (Lipinski definition) is 6. The number of anilines is 1. The molecule has 140 valence electrons. The van der Waals surface area contributed by atoms with Crippen molar-refractivity contribution in [2.75, 3.05) is 5.32 Å². The van der Waals surface area contributed by atoms with Gasteiger partial charge in [0.2, 0.25) is 5.91 Å². The Bertz CT molecular complexity index is 977. The van der Waals surface area contributed by atoms with E-state index in [1.165, 1.54) is 17.1 Å². The van der Waals surface area contributed by atoms with E-state index in [1.54, 1.807) is 10.9 Å². The summed E-state index contributed by atoms with van der Waals surface area (Å²) >= 11 is 0. The van der Waals surface area contributed by atoms with Crippen LogP contribution in [0.5, 0.6) is 5.75 Å². The fourth-order valence-electron chi connectivity index (χ4n) is 2.48. The lowest BCUT2D eigenvalue weighted by molar-refractivity contribution is -0.385. The Hall–Kier alpha value is -3.69. The molecule has 3 rings (SSSR count). The lowest BCUT2D eigenvalue weighted by Gasteiger charge is -2.09. The SMILES string of the molecule is Cc1ccc(OCn2cc(NC(=O)Cn3cc([N+](=O)[O-])cn3)cn2)c(C)c1. The summed E-state index contributed by atoms with van der Waals surface area (Å²) < 4.78 is 8.47. The van der Waals surface area contributed by atoms with Gasteiger partial charge in [-0.1, -0.05) is 17.7 Å². The molecular weight excluding hydrogens is 352 g/mol. The fourth-order valence-corrected chi connectivity index (χ4v) is 2.48. The van der Waals surface area contributed by atoms with Gasteiger partial charge in [-0.2, -0.15) is 10.2 Å². The highest BCUT2D eigenvalue weighted by molar-refractivity contribution is 5.90. The summed E-state index contributed by atoms with van der Waals surface area (Å²) in [5, 5.41) is 21.2. The summed E-state index contributed by atoms with van der Waals surface area (Å²) in [5.74, 6) is 0.393. The summed E-state index contributed by atoms with van der Waals surface area (Å²) in [6.07, 6.45) is 5.41. The molecular formula is C17H18N6O4. The molecule has 0 bridgehead atoms. The maximum atomic E-state index is 12.0.